The summed E-state index contributed by atoms with van der Waals surface area (Å²) in [7, 11) is 0. The number of carbonyl (C=O) groups excluding carboxylic acids is 2. The van der Waals surface area contributed by atoms with Gasteiger partial charge in [-0.2, -0.15) is 0 Å². The average Bonchev–Trinajstić information content (AvgIpc) is 3.20. The van der Waals surface area contributed by atoms with Gasteiger partial charge in [-0.15, -0.1) is 0 Å². The molecule has 0 atom stereocenters. The lowest BCUT2D eigenvalue weighted by molar-refractivity contribution is -0.155. The number of hydrogen-bond acceptors (Lipinski definition) is 3. The molecule has 0 aromatic carbocycles. The van der Waals surface area contributed by atoms with Crippen molar-refractivity contribution >= 4 is 11.8 Å². The highest BCUT2D eigenvalue weighted by Gasteiger charge is 2.32. The summed E-state index contributed by atoms with van der Waals surface area (Å²) in [5.74, 6) is -0.747. The summed E-state index contributed by atoms with van der Waals surface area (Å²) in [6.07, 6.45) is 3.36. The summed E-state index contributed by atoms with van der Waals surface area (Å²) < 4.78 is 0. The molecule has 2 amide bonds. The van der Waals surface area contributed by atoms with Crippen LogP contribution >= 0.6 is 0 Å². The Balaban J connectivity index is 1.79. The summed E-state index contributed by atoms with van der Waals surface area (Å²) in [5, 5.41) is 3.37. The molecule has 0 aromatic heterocycles. The van der Waals surface area contributed by atoms with Crippen molar-refractivity contribution in [3.05, 3.63) is 12.2 Å². The molecule has 19 heavy (non-hydrogen) atoms. The maximum atomic E-state index is 12.0. The Morgan fingerprint density at radius 2 is 1.89 bits per heavy atom. The Bertz CT molecular complexity index is 377. The molecule has 5 heteroatoms. The Morgan fingerprint density at radius 3 is 2.53 bits per heavy atom. The molecule has 5 nitrogen and oxygen atoms in total. The molecule has 0 unspecified atom stereocenters. The van der Waals surface area contributed by atoms with Gasteiger partial charge < -0.3 is 15.1 Å². The van der Waals surface area contributed by atoms with Crippen LogP contribution in [0.1, 0.15) is 26.2 Å². The van der Waals surface area contributed by atoms with Crippen molar-refractivity contribution in [2.75, 3.05) is 32.7 Å². The topological polar surface area (TPSA) is 52.6 Å². The first-order valence-corrected chi connectivity index (χ1v) is 7.10. The SMILES string of the molecule is C=C(CNC1CC1)CN1CCN(CCC)C(=O)C1=O. The zero-order valence-corrected chi connectivity index (χ0v) is 11.7. The number of piperazine rings is 1. The molecule has 106 valence electrons. The van der Waals surface area contributed by atoms with Gasteiger partial charge in [0.2, 0.25) is 0 Å². The van der Waals surface area contributed by atoms with E-state index in [1.54, 1.807) is 9.80 Å². The van der Waals surface area contributed by atoms with E-state index in [9.17, 15) is 9.59 Å². The quantitative estimate of drug-likeness (QED) is 0.535. The lowest BCUT2D eigenvalue weighted by Gasteiger charge is -2.34. The van der Waals surface area contributed by atoms with Crippen LogP contribution in [0.2, 0.25) is 0 Å². The smallest absolute Gasteiger partial charge is 0.312 e. The molecule has 1 N–H and O–H groups in total. The Labute approximate surface area is 114 Å². The summed E-state index contributed by atoms with van der Waals surface area (Å²) in [6.45, 7) is 9.15. The molecule has 1 heterocycles. The molecule has 2 rings (SSSR count). The number of carbonyl (C=O) groups is 2. The van der Waals surface area contributed by atoms with E-state index >= 15 is 0 Å². The second-order valence-electron chi connectivity index (χ2n) is 5.42. The van der Waals surface area contributed by atoms with Gasteiger partial charge in [0.25, 0.3) is 0 Å². The van der Waals surface area contributed by atoms with Gasteiger partial charge in [-0.05, 0) is 24.8 Å². The lowest BCUT2D eigenvalue weighted by atomic mass is 10.2. The van der Waals surface area contributed by atoms with Crippen molar-refractivity contribution in [3.63, 3.8) is 0 Å². The van der Waals surface area contributed by atoms with Crippen LogP contribution in [0.4, 0.5) is 0 Å². The number of rotatable bonds is 7. The first-order valence-electron chi connectivity index (χ1n) is 7.10. The van der Waals surface area contributed by atoms with E-state index in [0.29, 0.717) is 32.2 Å². The normalized spacial score (nSPS) is 20.1. The van der Waals surface area contributed by atoms with Gasteiger partial charge in [0.1, 0.15) is 0 Å². The molecule has 0 aromatic rings. The second-order valence-corrected chi connectivity index (χ2v) is 5.42. The first-order chi connectivity index (χ1) is 9.11. The molecule has 2 fully saturated rings. The summed E-state index contributed by atoms with van der Waals surface area (Å²) >= 11 is 0. The predicted molar refractivity (Wildman–Crippen MR) is 73.6 cm³/mol. The van der Waals surface area contributed by atoms with E-state index in [1.165, 1.54) is 12.8 Å². The molecule has 1 saturated carbocycles. The molecule has 1 aliphatic heterocycles. The molecular weight excluding hydrogens is 242 g/mol. The summed E-state index contributed by atoms with van der Waals surface area (Å²) in [6, 6.07) is 0.635. The number of amides is 2. The van der Waals surface area contributed by atoms with E-state index in [-0.39, 0.29) is 11.8 Å². The van der Waals surface area contributed by atoms with Crippen LogP contribution in [0.3, 0.4) is 0 Å². The largest absolute Gasteiger partial charge is 0.333 e. The zero-order valence-electron chi connectivity index (χ0n) is 11.7. The minimum atomic E-state index is -0.382. The van der Waals surface area contributed by atoms with Gasteiger partial charge in [0, 0.05) is 38.8 Å². The fourth-order valence-electron chi connectivity index (χ4n) is 2.25. The number of hydrogen-bond donors (Lipinski definition) is 1. The highest BCUT2D eigenvalue weighted by molar-refractivity contribution is 6.35. The van der Waals surface area contributed by atoms with Crippen molar-refractivity contribution in [3.8, 4) is 0 Å². The van der Waals surface area contributed by atoms with Crippen LogP contribution in [0.25, 0.3) is 0 Å². The van der Waals surface area contributed by atoms with Crippen LogP contribution in [0.15, 0.2) is 12.2 Å². The molecule has 0 radical (unpaired) electrons. The van der Waals surface area contributed by atoms with Crippen LogP contribution < -0.4 is 5.32 Å². The number of nitrogens with zero attached hydrogens (tertiary/aromatic N) is 2. The molecule has 2 aliphatic rings. The highest BCUT2D eigenvalue weighted by atomic mass is 16.2. The number of nitrogens with one attached hydrogen (secondary N) is 1. The predicted octanol–water partition coefficient (Wildman–Crippen LogP) is 0.375. The van der Waals surface area contributed by atoms with Gasteiger partial charge >= 0.3 is 11.8 Å². The monoisotopic (exact) mass is 265 g/mol. The fourth-order valence-corrected chi connectivity index (χ4v) is 2.25. The third kappa shape index (κ3) is 3.80. The van der Waals surface area contributed by atoms with Crippen molar-refractivity contribution in [1.29, 1.82) is 0 Å². The zero-order chi connectivity index (χ0) is 13.8. The van der Waals surface area contributed by atoms with Crippen molar-refractivity contribution < 1.29 is 9.59 Å². The Hall–Kier alpha value is -1.36. The van der Waals surface area contributed by atoms with Gasteiger partial charge in [-0.25, -0.2) is 0 Å². The second kappa shape index (κ2) is 6.19. The molecular formula is C14H23N3O2. The lowest BCUT2D eigenvalue weighted by Crippen LogP contribution is -2.54. The van der Waals surface area contributed by atoms with E-state index in [4.69, 9.17) is 0 Å². The van der Waals surface area contributed by atoms with E-state index < -0.39 is 0 Å². The molecule has 1 aliphatic carbocycles. The highest BCUT2D eigenvalue weighted by Crippen LogP contribution is 2.18. The summed E-state index contributed by atoms with van der Waals surface area (Å²) in [4.78, 5) is 27.1. The third-order valence-electron chi connectivity index (χ3n) is 3.52. The molecule has 0 bridgehead atoms. The van der Waals surface area contributed by atoms with Gasteiger partial charge in [-0.3, -0.25) is 9.59 Å². The Morgan fingerprint density at radius 1 is 1.26 bits per heavy atom. The van der Waals surface area contributed by atoms with Gasteiger partial charge in [-0.1, -0.05) is 13.5 Å². The summed E-state index contributed by atoms with van der Waals surface area (Å²) in [5.41, 5.74) is 0.969. The van der Waals surface area contributed by atoms with Crippen molar-refractivity contribution in [1.82, 2.24) is 15.1 Å². The minimum Gasteiger partial charge on any atom is -0.333 e. The molecule has 1 saturated heterocycles. The van der Waals surface area contributed by atoms with Crippen LogP contribution in [0.5, 0.6) is 0 Å². The van der Waals surface area contributed by atoms with Crippen LogP contribution in [-0.4, -0.2) is 60.4 Å². The van der Waals surface area contributed by atoms with Crippen LogP contribution in [0, 0.1) is 0 Å². The maximum absolute atomic E-state index is 12.0. The molecule has 0 spiro atoms. The van der Waals surface area contributed by atoms with E-state index in [1.807, 2.05) is 6.92 Å². The average molecular weight is 265 g/mol. The van der Waals surface area contributed by atoms with E-state index in [2.05, 4.69) is 11.9 Å². The van der Waals surface area contributed by atoms with Crippen LogP contribution in [-0.2, 0) is 9.59 Å². The van der Waals surface area contributed by atoms with Gasteiger partial charge in [0.15, 0.2) is 0 Å². The fraction of sp³-hybridized carbons (Fsp3) is 0.714. The van der Waals surface area contributed by atoms with Crippen molar-refractivity contribution in [2.45, 2.75) is 32.2 Å². The first kappa shape index (κ1) is 14.1. The Kier molecular flexibility index (Phi) is 4.58. The van der Waals surface area contributed by atoms with E-state index in [0.717, 1.165) is 18.5 Å². The van der Waals surface area contributed by atoms with Gasteiger partial charge in [0.05, 0.1) is 0 Å². The standard InChI is InChI=1S/C14H23N3O2/c1-3-6-16-7-8-17(14(19)13(16)18)10-11(2)9-15-12-4-5-12/h12,15H,2-10H2,1H3. The maximum Gasteiger partial charge on any atom is 0.312 e. The van der Waals surface area contributed by atoms with Crippen molar-refractivity contribution in [2.24, 2.45) is 0 Å². The third-order valence-corrected chi connectivity index (χ3v) is 3.52. The minimum absolute atomic E-state index is 0.365.